The van der Waals surface area contributed by atoms with Gasteiger partial charge < -0.3 is 4.74 Å². The summed E-state index contributed by atoms with van der Waals surface area (Å²) in [7, 11) is -3.73. The number of benzene rings is 4. The van der Waals surface area contributed by atoms with Gasteiger partial charge in [0.05, 0.1) is 16.7 Å². The average molecular weight is 514 g/mol. The van der Waals surface area contributed by atoms with Crippen LogP contribution in [0.15, 0.2) is 113 Å². The summed E-state index contributed by atoms with van der Waals surface area (Å²) in [6.07, 6.45) is 1.45. The normalized spacial score (nSPS) is 11.2. The van der Waals surface area contributed by atoms with Gasteiger partial charge in [-0.05, 0) is 85.3 Å². The molecule has 4 aromatic carbocycles. The zero-order chi connectivity index (χ0) is 26.3. The van der Waals surface area contributed by atoms with Crippen LogP contribution in [0, 0.1) is 6.92 Å². The maximum Gasteiger partial charge on any atom is 0.343 e. The predicted octanol–water partition coefficient (Wildman–Crippen LogP) is 4.78. The van der Waals surface area contributed by atoms with Crippen LogP contribution in [0.2, 0.25) is 0 Å². The van der Waals surface area contributed by atoms with Gasteiger partial charge in [0.2, 0.25) is 0 Å². The molecule has 0 unspecified atom stereocenters. The van der Waals surface area contributed by atoms with Crippen molar-refractivity contribution in [2.45, 2.75) is 11.8 Å². The van der Waals surface area contributed by atoms with Crippen molar-refractivity contribution in [3.63, 3.8) is 0 Å². The van der Waals surface area contributed by atoms with Crippen LogP contribution >= 0.6 is 0 Å². The maximum absolute atomic E-state index is 12.5. The van der Waals surface area contributed by atoms with Gasteiger partial charge in [-0.15, -0.1) is 0 Å². The van der Waals surface area contributed by atoms with Gasteiger partial charge in [0.25, 0.3) is 15.9 Å². The van der Waals surface area contributed by atoms with Crippen LogP contribution in [0.3, 0.4) is 0 Å². The summed E-state index contributed by atoms with van der Waals surface area (Å²) in [6.45, 7) is 1.87. The second-order valence-corrected chi connectivity index (χ2v) is 9.70. The van der Waals surface area contributed by atoms with E-state index in [9.17, 15) is 18.0 Å². The maximum atomic E-state index is 12.5. The highest BCUT2D eigenvalue weighted by Crippen LogP contribution is 2.17. The number of esters is 1. The molecule has 8 nitrogen and oxygen atoms in total. The topological polar surface area (TPSA) is 114 Å². The monoisotopic (exact) mass is 513 g/mol. The summed E-state index contributed by atoms with van der Waals surface area (Å²) in [5.41, 5.74) is 5.14. The summed E-state index contributed by atoms with van der Waals surface area (Å²) in [5, 5.41) is 3.94. The first-order chi connectivity index (χ1) is 17.8. The second-order valence-electron chi connectivity index (χ2n) is 8.02. The lowest BCUT2D eigenvalue weighted by molar-refractivity contribution is 0.0734. The Labute approximate surface area is 214 Å². The Balaban J connectivity index is 1.30. The van der Waals surface area contributed by atoms with E-state index in [1.165, 1.54) is 42.6 Å². The highest BCUT2D eigenvalue weighted by Gasteiger charge is 2.14. The summed E-state index contributed by atoms with van der Waals surface area (Å²) < 4.78 is 32.8. The number of nitrogens with zero attached hydrogens (tertiary/aromatic N) is 1. The first kappa shape index (κ1) is 25.3. The predicted molar refractivity (Wildman–Crippen MR) is 141 cm³/mol. The Hall–Kier alpha value is -4.76. The van der Waals surface area contributed by atoms with Crippen molar-refractivity contribution >= 4 is 33.8 Å². The number of sulfonamides is 1. The van der Waals surface area contributed by atoms with Gasteiger partial charge >= 0.3 is 5.97 Å². The number of amides is 1. The van der Waals surface area contributed by atoms with Crippen LogP contribution in [0.1, 0.15) is 31.8 Å². The molecule has 0 saturated heterocycles. The van der Waals surface area contributed by atoms with Crippen LogP contribution < -0.4 is 14.9 Å². The summed E-state index contributed by atoms with van der Waals surface area (Å²) in [6, 6.07) is 27.8. The molecule has 0 aliphatic heterocycles. The lowest BCUT2D eigenvalue weighted by Gasteiger charge is -2.09. The first-order valence-corrected chi connectivity index (χ1v) is 12.7. The number of hydrogen-bond donors (Lipinski definition) is 2. The van der Waals surface area contributed by atoms with Crippen molar-refractivity contribution in [2.75, 3.05) is 4.72 Å². The minimum Gasteiger partial charge on any atom is -0.423 e. The molecule has 9 heteroatoms. The van der Waals surface area contributed by atoms with E-state index in [0.29, 0.717) is 28.1 Å². The minimum atomic E-state index is -3.73. The number of anilines is 1. The van der Waals surface area contributed by atoms with Gasteiger partial charge in [-0.1, -0.05) is 35.9 Å². The third kappa shape index (κ3) is 6.89. The van der Waals surface area contributed by atoms with Crippen molar-refractivity contribution in [3.05, 3.63) is 125 Å². The van der Waals surface area contributed by atoms with E-state index < -0.39 is 21.9 Å². The molecule has 0 saturated carbocycles. The van der Waals surface area contributed by atoms with Crippen LogP contribution in [-0.2, 0) is 10.0 Å². The smallest absolute Gasteiger partial charge is 0.343 e. The first-order valence-electron chi connectivity index (χ1n) is 11.2. The minimum absolute atomic E-state index is 0.150. The van der Waals surface area contributed by atoms with E-state index in [1.54, 1.807) is 60.7 Å². The molecule has 0 bridgehead atoms. The molecule has 0 atom stereocenters. The average Bonchev–Trinajstić information content (AvgIpc) is 2.90. The molecule has 4 aromatic rings. The van der Waals surface area contributed by atoms with Gasteiger partial charge in [0.1, 0.15) is 5.75 Å². The number of hydrogen-bond acceptors (Lipinski definition) is 6. The van der Waals surface area contributed by atoms with Gasteiger partial charge in [-0.2, -0.15) is 5.10 Å². The standard InChI is InChI=1S/C28H23N3O5S/c1-20-7-17-26(18-8-20)37(34,35)31-24-13-11-22(12-14-24)27(32)30-29-19-21-9-15-25(16-10-21)36-28(33)23-5-3-2-4-6-23/h2-19,31H,1H3,(H,30,32)/b29-19+. The molecule has 0 aromatic heterocycles. The van der Waals surface area contributed by atoms with Crippen LogP contribution in [-0.4, -0.2) is 26.5 Å². The fraction of sp³-hybridized carbons (Fsp3) is 0.0357. The van der Waals surface area contributed by atoms with E-state index >= 15 is 0 Å². The lowest BCUT2D eigenvalue weighted by Crippen LogP contribution is -2.18. The molecule has 0 aliphatic rings. The molecule has 4 rings (SSSR count). The molecule has 0 heterocycles. The van der Waals surface area contributed by atoms with E-state index in [4.69, 9.17) is 4.74 Å². The fourth-order valence-corrected chi connectivity index (χ4v) is 4.27. The zero-order valence-corrected chi connectivity index (χ0v) is 20.6. The molecule has 0 fully saturated rings. The molecule has 0 aliphatic carbocycles. The van der Waals surface area contributed by atoms with Gasteiger partial charge in [0.15, 0.2) is 0 Å². The number of rotatable bonds is 8. The van der Waals surface area contributed by atoms with Crippen LogP contribution in [0.5, 0.6) is 5.75 Å². The van der Waals surface area contributed by atoms with Crippen molar-refractivity contribution < 1.29 is 22.7 Å². The Morgan fingerprint density at radius 3 is 2.08 bits per heavy atom. The van der Waals surface area contributed by atoms with E-state index in [2.05, 4.69) is 15.2 Å². The third-order valence-electron chi connectivity index (χ3n) is 5.21. The molecule has 1 amide bonds. The molecule has 0 spiro atoms. The number of carbonyl (C=O) groups excluding carboxylic acids is 2. The number of nitrogens with one attached hydrogen (secondary N) is 2. The second kappa shape index (κ2) is 11.3. The van der Waals surface area contributed by atoms with Gasteiger partial charge in [0, 0.05) is 11.3 Å². The molecule has 0 radical (unpaired) electrons. The third-order valence-corrected chi connectivity index (χ3v) is 6.61. The zero-order valence-electron chi connectivity index (χ0n) is 19.8. The van der Waals surface area contributed by atoms with Crippen LogP contribution in [0.25, 0.3) is 0 Å². The Morgan fingerprint density at radius 2 is 1.43 bits per heavy atom. The number of aryl methyl sites for hydroxylation is 1. The quantitative estimate of drug-likeness (QED) is 0.152. The summed E-state index contributed by atoms with van der Waals surface area (Å²) in [4.78, 5) is 24.6. The van der Waals surface area contributed by atoms with Crippen molar-refractivity contribution in [2.24, 2.45) is 5.10 Å². The molecule has 186 valence electrons. The van der Waals surface area contributed by atoms with Crippen molar-refractivity contribution in [1.29, 1.82) is 0 Å². The fourth-order valence-electron chi connectivity index (χ4n) is 3.21. The van der Waals surface area contributed by atoms with E-state index in [0.717, 1.165) is 5.56 Å². The lowest BCUT2D eigenvalue weighted by atomic mass is 10.2. The van der Waals surface area contributed by atoms with E-state index in [-0.39, 0.29) is 4.90 Å². The summed E-state index contributed by atoms with van der Waals surface area (Å²) >= 11 is 0. The highest BCUT2D eigenvalue weighted by molar-refractivity contribution is 7.92. The van der Waals surface area contributed by atoms with Crippen molar-refractivity contribution in [1.82, 2.24) is 5.43 Å². The Morgan fingerprint density at radius 1 is 0.784 bits per heavy atom. The summed E-state index contributed by atoms with van der Waals surface area (Å²) in [5.74, 6) is -0.533. The number of ether oxygens (including phenoxy) is 1. The van der Waals surface area contributed by atoms with Crippen molar-refractivity contribution in [3.8, 4) is 5.75 Å². The van der Waals surface area contributed by atoms with Gasteiger partial charge in [-0.25, -0.2) is 18.6 Å². The largest absolute Gasteiger partial charge is 0.423 e. The highest BCUT2D eigenvalue weighted by atomic mass is 32.2. The molecule has 2 N–H and O–H groups in total. The van der Waals surface area contributed by atoms with Gasteiger partial charge in [-0.3, -0.25) is 9.52 Å². The molecule has 37 heavy (non-hydrogen) atoms. The Kier molecular flexibility index (Phi) is 7.75. The number of carbonyl (C=O) groups is 2. The molecular formula is C28H23N3O5S. The SMILES string of the molecule is Cc1ccc(S(=O)(=O)Nc2ccc(C(=O)N/N=C/c3ccc(OC(=O)c4ccccc4)cc3)cc2)cc1. The molecular weight excluding hydrogens is 490 g/mol. The van der Waals surface area contributed by atoms with Crippen LogP contribution in [0.4, 0.5) is 5.69 Å². The number of hydrazone groups is 1. The van der Waals surface area contributed by atoms with E-state index in [1.807, 2.05) is 13.0 Å². The Bertz CT molecular complexity index is 1520.